The van der Waals surface area contributed by atoms with E-state index in [1.165, 1.54) is 4.68 Å². The highest BCUT2D eigenvalue weighted by molar-refractivity contribution is 14.1. The van der Waals surface area contributed by atoms with Crippen molar-refractivity contribution in [2.75, 3.05) is 13.7 Å². The monoisotopic (exact) mass is 551 g/mol. The van der Waals surface area contributed by atoms with Crippen molar-refractivity contribution in [3.8, 4) is 23.8 Å². The maximum atomic E-state index is 12.8. The zero-order valence-corrected chi connectivity index (χ0v) is 18.8. The number of nitrogens with zero attached hydrogens (tertiary/aromatic N) is 3. The Hall–Kier alpha value is -2.38. The predicted octanol–water partition coefficient (Wildman–Crippen LogP) is 3.97. The first kappa shape index (κ1) is 20.4. The fraction of sp³-hybridized carbons (Fsp3) is 0.150. The molecule has 0 saturated heterocycles. The number of methoxy groups -OCH3 is 1. The Morgan fingerprint density at radius 3 is 2.89 bits per heavy atom. The van der Waals surface area contributed by atoms with Crippen molar-refractivity contribution in [1.82, 2.24) is 9.66 Å². The summed E-state index contributed by atoms with van der Waals surface area (Å²) >= 11 is 5.52. The molecule has 8 heteroatoms. The van der Waals surface area contributed by atoms with Crippen molar-refractivity contribution in [1.29, 1.82) is 0 Å². The molecule has 0 spiro atoms. The molecular formula is C20H15BrIN3O3. The molecule has 0 aliphatic rings. The van der Waals surface area contributed by atoms with E-state index in [1.807, 2.05) is 12.1 Å². The summed E-state index contributed by atoms with van der Waals surface area (Å²) < 4.78 is 13.8. The number of halogens is 2. The van der Waals surface area contributed by atoms with E-state index < -0.39 is 0 Å². The highest BCUT2D eigenvalue weighted by Gasteiger charge is 2.12. The summed E-state index contributed by atoms with van der Waals surface area (Å²) in [6, 6.07) is 9.01. The van der Waals surface area contributed by atoms with Crippen molar-refractivity contribution in [2.45, 2.75) is 6.92 Å². The molecule has 0 aliphatic heterocycles. The lowest BCUT2D eigenvalue weighted by Crippen LogP contribution is -2.20. The molecule has 0 fully saturated rings. The van der Waals surface area contributed by atoms with E-state index in [4.69, 9.17) is 15.9 Å². The molecule has 0 atom stereocenters. The largest absolute Gasteiger partial charge is 0.493 e. The van der Waals surface area contributed by atoms with Gasteiger partial charge in [0.2, 0.25) is 0 Å². The molecule has 6 nitrogen and oxygen atoms in total. The first-order valence-corrected chi connectivity index (χ1v) is 9.99. The van der Waals surface area contributed by atoms with E-state index in [0.29, 0.717) is 28.2 Å². The van der Waals surface area contributed by atoms with Gasteiger partial charge in [-0.3, -0.25) is 4.79 Å². The number of benzene rings is 2. The van der Waals surface area contributed by atoms with Crippen LogP contribution in [0, 0.1) is 22.8 Å². The van der Waals surface area contributed by atoms with Crippen LogP contribution < -0.4 is 15.0 Å². The van der Waals surface area contributed by atoms with Crippen LogP contribution in [-0.4, -0.2) is 29.6 Å². The lowest BCUT2D eigenvalue weighted by atomic mass is 10.2. The molecular weight excluding hydrogens is 537 g/mol. The van der Waals surface area contributed by atoms with E-state index in [-0.39, 0.29) is 12.2 Å². The van der Waals surface area contributed by atoms with Gasteiger partial charge in [0.1, 0.15) is 12.4 Å². The molecule has 1 aromatic heterocycles. The van der Waals surface area contributed by atoms with Crippen molar-refractivity contribution in [2.24, 2.45) is 5.10 Å². The fourth-order valence-electron chi connectivity index (χ4n) is 2.59. The van der Waals surface area contributed by atoms with E-state index in [9.17, 15) is 4.79 Å². The molecule has 0 N–H and O–H groups in total. The van der Waals surface area contributed by atoms with E-state index in [2.05, 4.69) is 54.5 Å². The Balaban J connectivity index is 2.04. The smallest absolute Gasteiger partial charge is 0.282 e. The highest BCUT2D eigenvalue weighted by Crippen LogP contribution is 2.33. The third kappa shape index (κ3) is 4.20. The van der Waals surface area contributed by atoms with E-state index in [1.54, 1.807) is 38.4 Å². The summed E-state index contributed by atoms with van der Waals surface area (Å²) in [6.07, 6.45) is 6.84. The molecule has 3 rings (SSSR count). The number of ether oxygens (including phenoxy) is 2. The quantitative estimate of drug-likeness (QED) is 0.273. The van der Waals surface area contributed by atoms with Gasteiger partial charge in [-0.15, -0.1) is 6.42 Å². The lowest BCUT2D eigenvalue weighted by Gasteiger charge is -2.12. The van der Waals surface area contributed by atoms with Crippen LogP contribution in [0.25, 0.3) is 10.9 Å². The van der Waals surface area contributed by atoms with Gasteiger partial charge in [-0.1, -0.05) is 21.9 Å². The molecule has 0 unspecified atom stereocenters. The second kappa shape index (κ2) is 8.75. The number of hydrogen-bond acceptors (Lipinski definition) is 5. The van der Waals surface area contributed by atoms with Crippen LogP contribution in [0.15, 0.2) is 44.7 Å². The van der Waals surface area contributed by atoms with Gasteiger partial charge >= 0.3 is 0 Å². The van der Waals surface area contributed by atoms with Gasteiger partial charge in [0, 0.05) is 4.47 Å². The normalized spacial score (nSPS) is 11.0. The number of aryl methyl sites for hydroxylation is 1. The van der Waals surface area contributed by atoms with Gasteiger partial charge in [-0.25, -0.2) is 4.98 Å². The predicted molar refractivity (Wildman–Crippen MR) is 121 cm³/mol. The van der Waals surface area contributed by atoms with E-state index in [0.717, 1.165) is 13.6 Å². The SMILES string of the molecule is C#CCOc1c(I)cc(C=Nn2c(C)nc3ccc(Br)cc3c2=O)cc1OC. The molecule has 28 heavy (non-hydrogen) atoms. The number of hydrogen-bond donors (Lipinski definition) is 0. The van der Waals surface area contributed by atoms with Gasteiger partial charge < -0.3 is 9.47 Å². The third-order valence-electron chi connectivity index (χ3n) is 3.84. The van der Waals surface area contributed by atoms with Crippen molar-refractivity contribution < 1.29 is 9.47 Å². The fourth-order valence-corrected chi connectivity index (χ4v) is 3.73. The molecule has 2 aromatic carbocycles. The summed E-state index contributed by atoms with van der Waals surface area (Å²) in [5.41, 5.74) is 1.13. The van der Waals surface area contributed by atoms with Gasteiger partial charge in [0.25, 0.3) is 5.56 Å². The molecule has 0 saturated carbocycles. The average Bonchev–Trinajstić information content (AvgIpc) is 2.67. The second-order valence-electron chi connectivity index (χ2n) is 5.71. The number of terminal acetylenes is 1. The maximum absolute atomic E-state index is 12.8. The van der Waals surface area contributed by atoms with E-state index >= 15 is 0 Å². The van der Waals surface area contributed by atoms with Crippen LogP contribution in [0.3, 0.4) is 0 Å². The summed E-state index contributed by atoms with van der Waals surface area (Å²) in [6.45, 7) is 1.88. The molecule has 142 valence electrons. The minimum absolute atomic E-state index is 0.146. The molecule has 0 bridgehead atoms. The molecule has 1 heterocycles. The van der Waals surface area contributed by atoms with Crippen LogP contribution in [0.2, 0.25) is 0 Å². The van der Waals surface area contributed by atoms with Crippen LogP contribution in [0.4, 0.5) is 0 Å². The minimum atomic E-state index is -0.240. The van der Waals surface area contributed by atoms with Gasteiger partial charge in [-0.05, 0) is 65.4 Å². The summed E-state index contributed by atoms with van der Waals surface area (Å²) in [5, 5.41) is 4.82. The Morgan fingerprint density at radius 1 is 1.39 bits per heavy atom. The number of fused-ring (bicyclic) bond motifs is 1. The summed E-state index contributed by atoms with van der Waals surface area (Å²) in [5.74, 6) is 4.03. The van der Waals surface area contributed by atoms with Crippen LogP contribution >= 0.6 is 38.5 Å². The maximum Gasteiger partial charge on any atom is 0.282 e. The lowest BCUT2D eigenvalue weighted by molar-refractivity contribution is 0.328. The van der Waals surface area contributed by atoms with Gasteiger partial charge in [0.05, 0.1) is 27.8 Å². The summed E-state index contributed by atoms with van der Waals surface area (Å²) in [4.78, 5) is 17.3. The van der Waals surface area contributed by atoms with Gasteiger partial charge in [-0.2, -0.15) is 9.78 Å². The zero-order valence-electron chi connectivity index (χ0n) is 15.1. The van der Waals surface area contributed by atoms with Crippen LogP contribution in [0.1, 0.15) is 11.4 Å². The molecule has 0 amide bonds. The van der Waals surface area contributed by atoms with Crippen molar-refractivity contribution >= 4 is 55.6 Å². The average molecular weight is 552 g/mol. The summed E-state index contributed by atoms with van der Waals surface area (Å²) in [7, 11) is 1.55. The zero-order chi connectivity index (χ0) is 20.3. The standard InChI is InChI=1S/C20H15BrIN3O3/c1-4-7-28-19-16(22)8-13(9-18(19)27-3)11-23-25-12(2)24-17-6-5-14(21)10-15(17)20(25)26/h1,5-6,8-11H,7H2,2-3H3. The molecule has 0 aliphatic carbocycles. The Morgan fingerprint density at radius 2 is 2.18 bits per heavy atom. The molecule has 3 aromatic rings. The van der Waals surface area contributed by atoms with Gasteiger partial charge in [0.15, 0.2) is 11.5 Å². The Labute approximate surface area is 183 Å². The highest BCUT2D eigenvalue weighted by atomic mass is 127. The third-order valence-corrected chi connectivity index (χ3v) is 5.14. The van der Waals surface area contributed by atoms with Crippen LogP contribution in [-0.2, 0) is 0 Å². The minimum Gasteiger partial charge on any atom is -0.493 e. The van der Waals surface area contributed by atoms with Crippen LogP contribution in [0.5, 0.6) is 11.5 Å². The Bertz CT molecular complexity index is 1180. The number of aromatic nitrogens is 2. The Kier molecular flexibility index (Phi) is 6.36. The van der Waals surface area contributed by atoms with Crippen molar-refractivity contribution in [3.05, 3.63) is 60.1 Å². The number of rotatable bonds is 5. The first-order valence-electron chi connectivity index (χ1n) is 8.11. The first-order chi connectivity index (χ1) is 13.4. The molecule has 0 radical (unpaired) electrons. The topological polar surface area (TPSA) is 65.7 Å². The second-order valence-corrected chi connectivity index (χ2v) is 7.79. The van der Waals surface area contributed by atoms with Crippen molar-refractivity contribution in [3.63, 3.8) is 0 Å².